The predicted molar refractivity (Wildman–Crippen MR) is 105 cm³/mol. The molecule has 0 fully saturated rings. The summed E-state index contributed by atoms with van der Waals surface area (Å²) in [5.74, 6) is 0.200. The minimum atomic E-state index is -1.31. The van der Waals surface area contributed by atoms with Gasteiger partial charge in [-0.3, -0.25) is 0 Å². The van der Waals surface area contributed by atoms with Crippen LogP contribution in [0.2, 0.25) is 0 Å². The molecule has 2 aromatic rings. The summed E-state index contributed by atoms with van der Waals surface area (Å²) in [6.45, 7) is 18.5. The lowest BCUT2D eigenvalue weighted by Gasteiger charge is -2.36. The second-order valence-electron chi connectivity index (χ2n) is 7.96. The van der Waals surface area contributed by atoms with Crippen LogP contribution in [0.25, 0.3) is 0 Å². The van der Waals surface area contributed by atoms with Crippen molar-refractivity contribution >= 4 is 11.3 Å². The van der Waals surface area contributed by atoms with Gasteiger partial charge in [0.1, 0.15) is 5.67 Å². The molecule has 0 aliphatic rings. The number of aryl methyl sites for hydroxylation is 2. The largest absolute Gasteiger partial charge is 0.239 e. The minimum Gasteiger partial charge on any atom is -0.239 e. The van der Waals surface area contributed by atoms with Crippen molar-refractivity contribution in [1.82, 2.24) is 0 Å². The molecule has 24 heavy (non-hydrogen) atoms. The zero-order valence-electron chi connectivity index (χ0n) is 16.0. The van der Waals surface area contributed by atoms with Gasteiger partial charge in [0.05, 0.1) is 0 Å². The lowest BCUT2D eigenvalue weighted by atomic mass is 9.70. The van der Waals surface area contributed by atoms with Gasteiger partial charge in [-0.2, -0.15) is 0 Å². The zero-order valence-corrected chi connectivity index (χ0v) is 16.8. The highest BCUT2D eigenvalue weighted by molar-refractivity contribution is 7.12. The Morgan fingerprint density at radius 2 is 1.62 bits per heavy atom. The topological polar surface area (TPSA) is 0 Å². The number of rotatable bonds is 5. The van der Waals surface area contributed by atoms with E-state index in [0.29, 0.717) is 5.56 Å². The van der Waals surface area contributed by atoms with E-state index in [9.17, 15) is 4.39 Å². The first kappa shape index (κ1) is 18.9. The maximum Gasteiger partial charge on any atom is 0.130 e. The summed E-state index contributed by atoms with van der Waals surface area (Å²) in [5.41, 5.74) is 3.03. The molecule has 0 nitrogen and oxygen atoms in total. The van der Waals surface area contributed by atoms with E-state index in [1.807, 2.05) is 23.5 Å². The summed E-state index contributed by atoms with van der Waals surface area (Å²) >= 11 is 1.87. The van der Waals surface area contributed by atoms with Crippen LogP contribution in [0.15, 0.2) is 42.5 Å². The normalized spacial score (nSPS) is 13.8. The van der Waals surface area contributed by atoms with E-state index in [4.69, 9.17) is 0 Å². The van der Waals surface area contributed by atoms with Crippen molar-refractivity contribution in [2.75, 3.05) is 0 Å². The third-order valence-corrected chi connectivity index (χ3v) is 6.26. The first-order valence-electron chi connectivity index (χ1n) is 8.47. The van der Waals surface area contributed by atoms with E-state index in [-0.39, 0.29) is 11.3 Å². The van der Waals surface area contributed by atoms with Gasteiger partial charge in [-0.15, -0.1) is 11.3 Å². The summed E-state index contributed by atoms with van der Waals surface area (Å²) in [6.07, 6.45) is 0. The van der Waals surface area contributed by atoms with Crippen LogP contribution in [0.4, 0.5) is 4.39 Å². The molecule has 0 amide bonds. The zero-order chi connectivity index (χ0) is 18.3. The molecule has 0 saturated carbocycles. The van der Waals surface area contributed by atoms with E-state index >= 15 is 0 Å². The molecule has 1 atom stereocenters. The van der Waals surface area contributed by atoms with Crippen molar-refractivity contribution in [3.8, 4) is 0 Å². The van der Waals surface area contributed by atoms with Crippen LogP contribution in [0.5, 0.6) is 0 Å². The molecule has 2 heteroatoms. The molecule has 1 aromatic heterocycles. The van der Waals surface area contributed by atoms with Gasteiger partial charge in [-0.05, 0) is 57.4 Å². The standard InChI is InChI=1S/C22H29FS/c1-14(2)19(17-9-11-18(12-10-17)22(7,8)23)21(5,6)20-15(3)13-16(4)24-20/h9-13,19H,1H2,2-8H3. The van der Waals surface area contributed by atoms with E-state index < -0.39 is 5.67 Å². The second kappa shape index (κ2) is 6.48. The molecule has 1 unspecified atom stereocenters. The smallest absolute Gasteiger partial charge is 0.130 e. The fourth-order valence-electron chi connectivity index (χ4n) is 3.80. The van der Waals surface area contributed by atoms with Gasteiger partial charge in [0.25, 0.3) is 0 Å². The highest BCUT2D eigenvalue weighted by Gasteiger charge is 2.35. The number of hydrogen-bond donors (Lipinski definition) is 0. The van der Waals surface area contributed by atoms with Gasteiger partial charge in [0.2, 0.25) is 0 Å². The fourth-order valence-corrected chi connectivity index (χ4v) is 4.96. The third-order valence-electron chi connectivity index (χ3n) is 4.77. The first-order chi connectivity index (χ1) is 10.9. The molecule has 0 saturated heterocycles. The van der Waals surface area contributed by atoms with E-state index in [1.54, 1.807) is 13.8 Å². The molecule has 0 radical (unpaired) electrons. The lowest BCUT2D eigenvalue weighted by molar-refractivity contribution is 0.221. The molecule has 0 bridgehead atoms. The van der Waals surface area contributed by atoms with Crippen molar-refractivity contribution in [2.24, 2.45) is 0 Å². The van der Waals surface area contributed by atoms with Crippen LogP contribution in [0.3, 0.4) is 0 Å². The van der Waals surface area contributed by atoms with Crippen LogP contribution in [-0.4, -0.2) is 0 Å². The van der Waals surface area contributed by atoms with Crippen molar-refractivity contribution < 1.29 is 4.39 Å². The van der Waals surface area contributed by atoms with Gasteiger partial charge >= 0.3 is 0 Å². The molecule has 2 rings (SSSR count). The Balaban J connectivity index is 2.50. The van der Waals surface area contributed by atoms with Crippen LogP contribution in [0, 0.1) is 13.8 Å². The summed E-state index contributed by atoms with van der Waals surface area (Å²) in [5, 5.41) is 0. The van der Waals surface area contributed by atoms with Crippen molar-refractivity contribution in [1.29, 1.82) is 0 Å². The average Bonchev–Trinajstić information content (AvgIpc) is 2.77. The number of thiophene rings is 1. The van der Waals surface area contributed by atoms with E-state index in [1.165, 1.54) is 20.9 Å². The molecule has 0 aliphatic heterocycles. The average molecular weight is 345 g/mol. The van der Waals surface area contributed by atoms with Crippen molar-refractivity contribution in [3.05, 3.63) is 68.9 Å². The quantitative estimate of drug-likeness (QED) is 0.503. The van der Waals surface area contributed by atoms with Gasteiger partial charge in [0.15, 0.2) is 0 Å². The Morgan fingerprint density at radius 3 is 2.00 bits per heavy atom. The van der Waals surface area contributed by atoms with Crippen LogP contribution in [-0.2, 0) is 11.1 Å². The van der Waals surface area contributed by atoms with Crippen LogP contribution < -0.4 is 0 Å². The Kier molecular flexibility index (Phi) is 5.11. The monoisotopic (exact) mass is 344 g/mol. The summed E-state index contributed by atoms with van der Waals surface area (Å²) in [4.78, 5) is 2.74. The van der Waals surface area contributed by atoms with Gasteiger partial charge in [-0.25, -0.2) is 4.39 Å². The predicted octanol–water partition coefficient (Wildman–Crippen LogP) is 7.21. The first-order valence-corrected chi connectivity index (χ1v) is 9.28. The summed E-state index contributed by atoms with van der Waals surface area (Å²) in [7, 11) is 0. The number of halogens is 1. The van der Waals surface area contributed by atoms with Crippen molar-refractivity contribution in [3.63, 3.8) is 0 Å². The van der Waals surface area contributed by atoms with E-state index in [2.05, 4.69) is 59.4 Å². The molecule has 1 heterocycles. The molecular formula is C22H29FS. The van der Waals surface area contributed by atoms with E-state index in [0.717, 1.165) is 5.57 Å². The maximum absolute atomic E-state index is 14.2. The third kappa shape index (κ3) is 3.64. The number of alkyl halides is 1. The summed E-state index contributed by atoms with van der Waals surface area (Å²) in [6, 6.07) is 10.2. The van der Waals surface area contributed by atoms with Gasteiger partial charge < -0.3 is 0 Å². The Bertz CT molecular complexity index is 726. The molecule has 0 spiro atoms. The highest BCUT2D eigenvalue weighted by atomic mass is 32.1. The maximum atomic E-state index is 14.2. The molecule has 0 aliphatic carbocycles. The molecule has 0 N–H and O–H groups in total. The second-order valence-corrected chi connectivity index (χ2v) is 9.22. The Morgan fingerprint density at radius 1 is 1.08 bits per heavy atom. The lowest BCUT2D eigenvalue weighted by Crippen LogP contribution is -2.27. The van der Waals surface area contributed by atoms with Crippen molar-refractivity contribution in [2.45, 2.75) is 65.5 Å². The van der Waals surface area contributed by atoms with Gasteiger partial charge in [-0.1, -0.05) is 50.3 Å². The SMILES string of the molecule is C=C(C)C(c1ccc(C(C)(C)F)cc1)C(C)(C)c1sc(C)cc1C. The number of benzene rings is 1. The number of allylic oxidation sites excluding steroid dienone is 1. The fraction of sp³-hybridized carbons (Fsp3) is 0.455. The Labute approximate surface area is 150 Å². The van der Waals surface area contributed by atoms with Gasteiger partial charge in [0, 0.05) is 21.1 Å². The number of hydrogen-bond acceptors (Lipinski definition) is 1. The van der Waals surface area contributed by atoms with Crippen LogP contribution >= 0.6 is 11.3 Å². The minimum absolute atomic E-state index is 0.0540. The molecule has 1 aromatic carbocycles. The molecule has 130 valence electrons. The van der Waals surface area contributed by atoms with Crippen LogP contribution in [0.1, 0.15) is 67.0 Å². The highest BCUT2D eigenvalue weighted by Crippen LogP contribution is 2.46. The Hall–Kier alpha value is -1.41. The summed E-state index contributed by atoms with van der Waals surface area (Å²) < 4.78 is 14.2. The molecular weight excluding hydrogens is 315 g/mol.